The number of guanidine groups is 1. The first-order valence-corrected chi connectivity index (χ1v) is 10.7. The van der Waals surface area contributed by atoms with Crippen LogP contribution in [0.1, 0.15) is 51.9 Å². The van der Waals surface area contributed by atoms with Gasteiger partial charge in [0.15, 0.2) is 11.7 Å². The van der Waals surface area contributed by atoms with Gasteiger partial charge in [-0.3, -0.25) is 4.79 Å². The van der Waals surface area contributed by atoms with Gasteiger partial charge in [0, 0.05) is 53.2 Å². The molecule has 1 spiro atoms. The molecule has 8 nitrogen and oxygen atoms in total. The number of carbonyl (C=O) groups excluding carboxylic acids is 1. The fraction of sp³-hybridized carbons (Fsp3) is 0.900. The SMILES string of the molecule is CCOCCCNC(=NCC(=O)N(C)C)NCC1COC2(CCCCCC2)O1. The Morgan fingerprint density at radius 3 is 2.64 bits per heavy atom. The summed E-state index contributed by atoms with van der Waals surface area (Å²) in [5.74, 6) is 0.205. The smallest absolute Gasteiger partial charge is 0.243 e. The Morgan fingerprint density at radius 1 is 1.21 bits per heavy atom. The van der Waals surface area contributed by atoms with Crippen LogP contribution in [0.3, 0.4) is 0 Å². The van der Waals surface area contributed by atoms with Gasteiger partial charge < -0.3 is 29.7 Å². The minimum atomic E-state index is -0.383. The maximum atomic E-state index is 11.9. The lowest BCUT2D eigenvalue weighted by molar-refractivity contribution is -0.175. The molecule has 1 aliphatic heterocycles. The molecule has 0 aromatic rings. The van der Waals surface area contributed by atoms with Gasteiger partial charge in [-0.15, -0.1) is 0 Å². The summed E-state index contributed by atoms with van der Waals surface area (Å²) in [5.41, 5.74) is 0. The Labute approximate surface area is 169 Å². The molecular formula is C20H38N4O4. The lowest BCUT2D eigenvalue weighted by Gasteiger charge is -2.26. The highest BCUT2D eigenvalue weighted by Gasteiger charge is 2.41. The van der Waals surface area contributed by atoms with Crippen molar-refractivity contribution in [1.29, 1.82) is 0 Å². The van der Waals surface area contributed by atoms with Gasteiger partial charge in [-0.1, -0.05) is 12.8 Å². The summed E-state index contributed by atoms with van der Waals surface area (Å²) >= 11 is 0. The van der Waals surface area contributed by atoms with Crippen molar-refractivity contribution in [3.63, 3.8) is 0 Å². The second-order valence-electron chi connectivity index (χ2n) is 7.69. The molecule has 8 heteroatoms. The van der Waals surface area contributed by atoms with Gasteiger partial charge in [0.1, 0.15) is 12.6 Å². The minimum absolute atomic E-state index is 0.00178. The van der Waals surface area contributed by atoms with Crippen LogP contribution in [0, 0.1) is 0 Å². The maximum Gasteiger partial charge on any atom is 0.243 e. The van der Waals surface area contributed by atoms with Crippen molar-refractivity contribution >= 4 is 11.9 Å². The largest absolute Gasteiger partial charge is 0.382 e. The molecule has 0 aromatic heterocycles. The fourth-order valence-electron chi connectivity index (χ4n) is 3.44. The lowest BCUT2D eigenvalue weighted by atomic mass is 10.1. The van der Waals surface area contributed by atoms with E-state index in [4.69, 9.17) is 14.2 Å². The number of rotatable bonds is 9. The number of hydrogen-bond donors (Lipinski definition) is 2. The van der Waals surface area contributed by atoms with Crippen LogP contribution in [0.2, 0.25) is 0 Å². The van der Waals surface area contributed by atoms with Gasteiger partial charge in [0.2, 0.25) is 5.91 Å². The molecular weight excluding hydrogens is 360 g/mol. The molecule has 162 valence electrons. The van der Waals surface area contributed by atoms with Crippen molar-refractivity contribution in [2.45, 2.75) is 63.8 Å². The third-order valence-electron chi connectivity index (χ3n) is 5.11. The Kier molecular flexibility index (Phi) is 10.0. The van der Waals surface area contributed by atoms with Crippen LogP contribution in [-0.2, 0) is 19.0 Å². The van der Waals surface area contributed by atoms with Crippen LogP contribution in [0.25, 0.3) is 0 Å². The van der Waals surface area contributed by atoms with E-state index in [1.165, 1.54) is 25.7 Å². The number of nitrogens with one attached hydrogen (secondary N) is 2. The number of amides is 1. The van der Waals surface area contributed by atoms with Gasteiger partial charge >= 0.3 is 0 Å². The number of hydrogen-bond acceptors (Lipinski definition) is 5. The molecule has 1 amide bonds. The van der Waals surface area contributed by atoms with E-state index in [9.17, 15) is 4.79 Å². The van der Waals surface area contributed by atoms with E-state index in [2.05, 4.69) is 15.6 Å². The zero-order chi connectivity index (χ0) is 20.2. The average molecular weight is 399 g/mol. The minimum Gasteiger partial charge on any atom is -0.382 e. The highest BCUT2D eigenvalue weighted by atomic mass is 16.7. The Bertz CT molecular complexity index is 491. The van der Waals surface area contributed by atoms with E-state index in [0.717, 1.165) is 32.4 Å². The summed E-state index contributed by atoms with van der Waals surface area (Å²) in [7, 11) is 3.47. The summed E-state index contributed by atoms with van der Waals surface area (Å²) in [6.07, 6.45) is 7.71. The fourth-order valence-corrected chi connectivity index (χ4v) is 3.44. The van der Waals surface area contributed by atoms with Crippen LogP contribution < -0.4 is 10.6 Å². The Hall–Kier alpha value is -1.38. The van der Waals surface area contributed by atoms with Crippen LogP contribution in [0.5, 0.6) is 0 Å². The number of aliphatic imine (C=N–C) groups is 1. The third-order valence-corrected chi connectivity index (χ3v) is 5.11. The molecule has 1 atom stereocenters. The van der Waals surface area contributed by atoms with Crippen molar-refractivity contribution in [1.82, 2.24) is 15.5 Å². The molecule has 1 saturated carbocycles. The van der Waals surface area contributed by atoms with Crippen LogP contribution >= 0.6 is 0 Å². The zero-order valence-corrected chi connectivity index (χ0v) is 17.8. The first-order chi connectivity index (χ1) is 13.5. The van der Waals surface area contributed by atoms with Crippen LogP contribution in [0.4, 0.5) is 0 Å². The van der Waals surface area contributed by atoms with Gasteiger partial charge in [-0.2, -0.15) is 0 Å². The molecule has 1 unspecified atom stereocenters. The standard InChI is InChI=1S/C20H38N4O4/c1-4-26-13-9-12-21-19(23-15-18(25)24(2)3)22-14-17-16-27-20(28-17)10-7-5-6-8-11-20/h17H,4-16H2,1-3H3,(H2,21,22,23). The zero-order valence-electron chi connectivity index (χ0n) is 17.8. The van der Waals surface area contributed by atoms with E-state index < -0.39 is 0 Å². The normalized spacial score (nSPS) is 22.1. The summed E-state index contributed by atoms with van der Waals surface area (Å²) < 4.78 is 17.7. The Balaban J connectivity index is 1.81. The topological polar surface area (TPSA) is 84.4 Å². The van der Waals surface area contributed by atoms with Crippen molar-refractivity contribution in [2.24, 2.45) is 4.99 Å². The summed E-state index contributed by atoms with van der Waals surface area (Å²) in [6, 6.07) is 0. The van der Waals surface area contributed by atoms with Crippen molar-refractivity contribution in [2.75, 3.05) is 53.6 Å². The summed E-state index contributed by atoms with van der Waals surface area (Å²) in [5, 5.41) is 6.58. The quantitative estimate of drug-likeness (QED) is 0.348. The molecule has 28 heavy (non-hydrogen) atoms. The second kappa shape index (κ2) is 12.2. The van der Waals surface area contributed by atoms with Crippen LogP contribution in [-0.4, -0.2) is 82.2 Å². The monoisotopic (exact) mass is 398 g/mol. The van der Waals surface area contributed by atoms with E-state index in [0.29, 0.717) is 25.7 Å². The van der Waals surface area contributed by atoms with Crippen molar-refractivity contribution < 1.29 is 19.0 Å². The van der Waals surface area contributed by atoms with E-state index >= 15 is 0 Å². The van der Waals surface area contributed by atoms with Crippen molar-refractivity contribution in [3.05, 3.63) is 0 Å². The molecule has 2 fully saturated rings. The van der Waals surface area contributed by atoms with Gasteiger partial charge in [-0.05, 0) is 26.2 Å². The lowest BCUT2D eigenvalue weighted by Crippen LogP contribution is -2.43. The first kappa shape index (κ1) is 22.9. The van der Waals surface area contributed by atoms with Gasteiger partial charge in [-0.25, -0.2) is 4.99 Å². The summed E-state index contributed by atoms with van der Waals surface area (Å²) in [4.78, 5) is 17.8. The molecule has 2 aliphatic rings. The molecule has 0 bridgehead atoms. The number of carbonyl (C=O) groups is 1. The van der Waals surface area contributed by atoms with Crippen LogP contribution in [0.15, 0.2) is 4.99 Å². The molecule has 0 aromatic carbocycles. The highest BCUT2D eigenvalue weighted by molar-refractivity contribution is 5.84. The predicted molar refractivity (Wildman–Crippen MR) is 109 cm³/mol. The molecule has 2 N–H and O–H groups in total. The molecule has 1 saturated heterocycles. The molecule has 1 heterocycles. The summed E-state index contributed by atoms with van der Waals surface area (Å²) in [6.45, 7) is 5.45. The average Bonchev–Trinajstić information content (AvgIpc) is 2.93. The number of nitrogens with zero attached hydrogens (tertiary/aromatic N) is 2. The number of ether oxygens (including phenoxy) is 3. The van der Waals surface area contributed by atoms with Gasteiger partial charge in [0.25, 0.3) is 0 Å². The van der Waals surface area contributed by atoms with E-state index in [1.807, 2.05) is 6.92 Å². The van der Waals surface area contributed by atoms with Gasteiger partial charge in [0.05, 0.1) is 6.61 Å². The van der Waals surface area contributed by atoms with E-state index in [1.54, 1.807) is 19.0 Å². The third kappa shape index (κ3) is 7.93. The van der Waals surface area contributed by atoms with Crippen molar-refractivity contribution in [3.8, 4) is 0 Å². The number of likely N-dealkylation sites (N-methyl/N-ethyl adjacent to an activating group) is 1. The molecule has 1 aliphatic carbocycles. The second-order valence-corrected chi connectivity index (χ2v) is 7.69. The predicted octanol–water partition coefficient (Wildman–Crippen LogP) is 1.50. The maximum absolute atomic E-state index is 11.9. The first-order valence-electron chi connectivity index (χ1n) is 10.7. The molecule has 0 radical (unpaired) electrons. The molecule has 2 rings (SSSR count). The highest BCUT2D eigenvalue weighted by Crippen LogP contribution is 2.36. The van der Waals surface area contributed by atoms with E-state index in [-0.39, 0.29) is 24.3 Å². The Morgan fingerprint density at radius 2 is 1.96 bits per heavy atom.